The van der Waals surface area contributed by atoms with E-state index in [0.717, 1.165) is 89.9 Å². The molecule has 4 aliphatic rings. The fourth-order valence-electron chi connectivity index (χ4n) is 9.62. The second-order valence-corrected chi connectivity index (χ2v) is 19.5. The second kappa shape index (κ2) is 31.0. The topological polar surface area (TPSA) is 337 Å². The van der Waals surface area contributed by atoms with Gasteiger partial charge in [0.05, 0.1) is 45.7 Å². The summed E-state index contributed by atoms with van der Waals surface area (Å²) in [6.07, 6.45) is -11.3. The quantitative estimate of drug-likeness (QED) is 0.0372. The Bertz CT molecular complexity index is 1300. The predicted molar refractivity (Wildman–Crippen MR) is 240 cm³/mol. The van der Waals surface area contributed by atoms with Gasteiger partial charge in [0.1, 0.15) is 85.5 Å². The van der Waals surface area contributed by atoms with Crippen LogP contribution in [0.15, 0.2) is 0 Å². The zero-order chi connectivity index (χ0) is 49.8. The van der Waals surface area contributed by atoms with E-state index in [-0.39, 0.29) is 19.6 Å². The summed E-state index contributed by atoms with van der Waals surface area (Å²) in [4.78, 5) is 0. The highest BCUT2D eigenvalue weighted by Crippen LogP contribution is 2.38. The molecule has 0 saturated carbocycles. The van der Waals surface area contributed by atoms with Crippen LogP contribution >= 0.6 is 0 Å². The van der Waals surface area contributed by atoms with E-state index in [0.29, 0.717) is 12.8 Å². The van der Waals surface area contributed by atoms with E-state index in [4.69, 9.17) is 37.9 Å². The van der Waals surface area contributed by atoms with Crippen LogP contribution in [0.5, 0.6) is 0 Å². The smallest absolute Gasteiger partial charge is 0.187 e. The molecule has 21 heteroatoms. The Labute approximate surface area is 401 Å². The van der Waals surface area contributed by atoms with E-state index in [1.165, 1.54) is 12.8 Å². The lowest BCUT2D eigenvalue weighted by Gasteiger charge is -2.47. The molecule has 0 aromatic heterocycles. The van der Waals surface area contributed by atoms with Crippen molar-refractivity contribution < 1.29 is 104 Å². The minimum Gasteiger partial charge on any atom is -0.394 e. The average Bonchev–Trinajstić information content (AvgIpc) is 3.33. The van der Waals surface area contributed by atoms with Crippen molar-refractivity contribution in [3.63, 3.8) is 0 Å². The van der Waals surface area contributed by atoms with E-state index < -0.39 is 149 Å². The molecule has 21 nitrogen and oxygen atoms in total. The van der Waals surface area contributed by atoms with Gasteiger partial charge < -0.3 is 104 Å². The molecule has 0 radical (unpaired) electrons. The standard InChI is InChI=1S/C47H88O21/c1-3-5-7-9-11-13-15-17-19-47(20-18-16-14-12-10-8-6-4-2,26-61-44-40(59)37(56)42(31(24-50)65-44)67-33-21-28(52)34(53)29(22-48)63-33)27-62-45-41(60)38(57)43(32(25-51)66-45)68-46-39(58)36(55)35(54)30(23-49)64-46/h28-46,48-60H,3-27H2,1-2H3/t28?,29?,30?,31?,32?,33-,34+,35-,36?,37?,38?,39+,40+,41+,42-,43-,44-,45?,46?/m0/s1. The van der Waals surface area contributed by atoms with Crippen LogP contribution in [0.25, 0.3) is 0 Å². The summed E-state index contributed by atoms with van der Waals surface area (Å²) in [5.41, 5.74) is -0.834. The van der Waals surface area contributed by atoms with Crippen LogP contribution in [-0.4, -0.2) is 223 Å². The summed E-state index contributed by atoms with van der Waals surface area (Å²) in [6, 6.07) is 0. The van der Waals surface area contributed by atoms with Gasteiger partial charge in [-0.05, 0) is 12.8 Å². The highest BCUT2D eigenvalue weighted by Gasteiger charge is 2.52. The molecule has 4 saturated heterocycles. The van der Waals surface area contributed by atoms with Crippen molar-refractivity contribution in [3.05, 3.63) is 0 Å². The van der Waals surface area contributed by atoms with Crippen molar-refractivity contribution in [2.75, 3.05) is 39.6 Å². The summed E-state index contributed by atoms with van der Waals surface area (Å²) in [5.74, 6) is 0. The SMILES string of the molecule is CCCCCCCCCCC(CCCCCCCCCC)(COC1OC(CO)[C@H](OC2OC(CO)[C@H](O)C(O)[C@H]2O)C(O)[C@H]1O)CO[C@H]1OC(CO)[C@H](O[C@H]2CC(O)[C@@H](O)C(CO)O2)C(O)[C@H]1O. The van der Waals surface area contributed by atoms with Crippen molar-refractivity contribution in [2.24, 2.45) is 5.41 Å². The highest BCUT2D eigenvalue weighted by molar-refractivity contribution is 4.96. The third-order valence-electron chi connectivity index (χ3n) is 14.0. The zero-order valence-corrected chi connectivity index (χ0v) is 40.2. The van der Waals surface area contributed by atoms with Crippen molar-refractivity contribution in [3.8, 4) is 0 Å². The number of hydrogen-bond donors (Lipinski definition) is 13. The average molecular weight is 989 g/mol. The molecule has 4 fully saturated rings. The van der Waals surface area contributed by atoms with Gasteiger partial charge in [-0.1, -0.05) is 117 Å². The minimum absolute atomic E-state index is 0.0935. The maximum atomic E-state index is 11.4. The largest absolute Gasteiger partial charge is 0.394 e. The number of hydrogen-bond acceptors (Lipinski definition) is 21. The zero-order valence-electron chi connectivity index (χ0n) is 40.2. The van der Waals surface area contributed by atoms with Crippen molar-refractivity contribution in [1.82, 2.24) is 0 Å². The fourth-order valence-corrected chi connectivity index (χ4v) is 9.62. The predicted octanol–water partition coefficient (Wildman–Crippen LogP) is -0.655. The molecule has 0 spiro atoms. The van der Waals surface area contributed by atoms with Crippen molar-refractivity contribution in [1.29, 1.82) is 0 Å². The van der Waals surface area contributed by atoms with Gasteiger partial charge in [0.2, 0.25) is 0 Å². The molecule has 0 amide bonds. The number of ether oxygens (including phenoxy) is 8. The number of unbranched alkanes of at least 4 members (excludes halogenated alkanes) is 14. The summed E-state index contributed by atoms with van der Waals surface area (Å²) in [7, 11) is 0. The van der Waals surface area contributed by atoms with Crippen LogP contribution in [-0.2, 0) is 37.9 Å². The Morgan fingerprint density at radius 3 is 1.22 bits per heavy atom. The van der Waals surface area contributed by atoms with Crippen molar-refractivity contribution in [2.45, 2.75) is 253 Å². The Balaban J connectivity index is 1.53. The second-order valence-electron chi connectivity index (χ2n) is 19.5. The summed E-state index contributed by atoms with van der Waals surface area (Å²) in [6.45, 7) is 1.36. The number of aliphatic hydroxyl groups is 13. The van der Waals surface area contributed by atoms with Gasteiger partial charge in [0, 0.05) is 11.8 Å². The molecule has 68 heavy (non-hydrogen) atoms. The first-order valence-electron chi connectivity index (χ1n) is 25.4. The van der Waals surface area contributed by atoms with Gasteiger partial charge >= 0.3 is 0 Å². The lowest BCUT2D eigenvalue weighted by Crippen LogP contribution is -2.64. The molecular weight excluding hydrogens is 900 g/mol. The normalized spacial score (nSPS) is 38.2. The van der Waals surface area contributed by atoms with Crippen LogP contribution in [0.3, 0.4) is 0 Å². The van der Waals surface area contributed by atoms with Crippen LogP contribution in [0.1, 0.15) is 136 Å². The Hall–Kier alpha value is -0.840. The van der Waals surface area contributed by atoms with Crippen LogP contribution in [0.4, 0.5) is 0 Å². The van der Waals surface area contributed by atoms with E-state index in [1.54, 1.807) is 0 Å². The Kier molecular flexibility index (Phi) is 27.2. The molecule has 402 valence electrons. The lowest BCUT2D eigenvalue weighted by atomic mass is 9.79. The highest BCUT2D eigenvalue weighted by atomic mass is 16.8. The third-order valence-corrected chi connectivity index (χ3v) is 14.0. The van der Waals surface area contributed by atoms with Crippen LogP contribution in [0.2, 0.25) is 0 Å². The van der Waals surface area contributed by atoms with Crippen molar-refractivity contribution >= 4 is 0 Å². The fraction of sp³-hybridized carbons (Fsp3) is 1.00. The Morgan fingerprint density at radius 1 is 0.397 bits per heavy atom. The third kappa shape index (κ3) is 17.1. The molecular formula is C47H88O21. The molecule has 13 N–H and O–H groups in total. The van der Waals surface area contributed by atoms with E-state index in [1.807, 2.05) is 0 Å². The van der Waals surface area contributed by atoms with Gasteiger partial charge in [0.25, 0.3) is 0 Å². The van der Waals surface area contributed by atoms with E-state index in [9.17, 15) is 66.4 Å². The van der Waals surface area contributed by atoms with Gasteiger partial charge in [-0.15, -0.1) is 0 Å². The number of rotatable bonds is 32. The minimum atomic E-state index is -1.83. The molecule has 19 atom stereocenters. The monoisotopic (exact) mass is 989 g/mol. The molecule has 0 aliphatic carbocycles. The summed E-state index contributed by atoms with van der Waals surface area (Å²) < 4.78 is 47.4. The first-order valence-corrected chi connectivity index (χ1v) is 25.4. The summed E-state index contributed by atoms with van der Waals surface area (Å²) >= 11 is 0. The van der Waals surface area contributed by atoms with Gasteiger partial charge in [-0.2, -0.15) is 0 Å². The van der Waals surface area contributed by atoms with E-state index in [2.05, 4.69) is 13.8 Å². The molecule has 0 aromatic rings. The summed E-state index contributed by atoms with van der Waals surface area (Å²) in [5, 5.41) is 137. The van der Waals surface area contributed by atoms with Gasteiger partial charge in [-0.3, -0.25) is 0 Å². The lowest BCUT2D eigenvalue weighted by molar-refractivity contribution is -0.362. The van der Waals surface area contributed by atoms with Crippen LogP contribution in [0, 0.1) is 5.41 Å². The maximum Gasteiger partial charge on any atom is 0.187 e. The molecule has 4 heterocycles. The first-order chi connectivity index (χ1) is 32.7. The molecule has 4 rings (SSSR count). The molecule has 10 unspecified atom stereocenters. The maximum absolute atomic E-state index is 11.4. The number of aliphatic hydroxyl groups excluding tert-OH is 13. The molecule has 0 aromatic carbocycles. The molecule has 0 bridgehead atoms. The van der Waals surface area contributed by atoms with E-state index >= 15 is 0 Å². The Morgan fingerprint density at radius 2 is 0.779 bits per heavy atom. The van der Waals surface area contributed by atoms with Crippen LogP contribution < -0.4 is 0 Å². The molecule has 4 aliphatic heterocycles. The first kappa shape index (κ1) is 59.7. The van der Waals surface area contributed by atoms with Gasteiger partial charge in [0.15, 0.2) is 25.2 Å². The van der Waals surface area contributed by atoms with Gasteiger partial charge in [-0.25, -0.2) is 0 Å².